The molecule has 1 aromatic carbocycles. The number of nitrogens with zero attached hydrogens (tertiary/aromatic N) is 2. The third-order valence-corrected chi connectivity index (χ3v) is 5.76. The molecule has 0 aliphatic heterocycles. The smallest absolute Gasteiger partial charge is 0.121 e. The highest BCUT2D eigenvalue weighted by atomic mass is 32.2. The molecular weight excluding hydrogens is 320 g/mol. The molecule has 0 radical (unpaired) electrons. The number of benzene rings is 1. The monoisotopic (exact) mass is 342 g/mol. The number of pyridine rings is 1. The fourth-order valence-electron chi connectivity index (χ4n) is 2.70. The Bertz CT molecular complexity index is 923. The topological polar surface area (TPSA) is 43.6 Å². The lowest BCUT2D eigenvalue weighted by Crippen LogP contribution is -2.21. The van der Waals surface area contributed by atoms with Crippen molar-refractivity contribution in [2.75, 3.05) is 7.11 Å². The van der Waals surface area contributed by atoms with Crippen molar-refractivity contribution in [1.29, 1.82) is 0 Å². The third kappa shape index (κ3) is 2.96. The summed E-state index contributed by atoms with van der Waals surface area (Å²) in [5, 5.41) is 4.42. The maximum Gasteiger partial charge on any atom is 0.121 e. The highest BCUT2D eigenvalue weighted by Crippen LogP contribution is 2.30. The Morgan fingerprint density at radius 2 is 1.92 bits per heavy atom. The predicted molar refractivity (Wildman–Crippen MR) is 98.1 cm³/mol. The van der Waals surface area contributed by atoms with Gasteiger partial charge in [0.15, 0.2) is 0 Å². The van der Waals surface area contributed by atoms with E-state index in [9.17, 15) is 4.21 Å². The number of fused-ring (bicyclic) bond motifs is 1. The quantitative estimate of drug-likeness (QED) is 0.715. The van der Waals surface area contributed by atoms with E-state index in [4.69, 9.17) is 4.74 Å². The van der Waals surface area contributed by atoms with Crippen LogP contribution in [0.3, 0.4) is 0 Å². The van der Waals surface area contributed by atoms with E-state index >= 15 is 0 Å². The van der Waals surface area contributed by atoms with Crippen LogP contribution in [0.1, 0.15) is 26.3 Å². The molecule has 4 nitrogen and oxygen atoms in total. The molecule has 5 heteroatoms. The molecule has 0 saturated heterocycles. The Balaban J connectivity index is 2.13. The first-order valence-corrected chi connectivity index (χ1v) is 9.00. The van der Waals surface area contributed by atoms with Crippen LogP contribution in [0.5, 0.6) is 5.75 Å². The fraction of sp³-hybridized carbons (Fsp3) is 0.316. The van der Waals surface area contributed by atoms with Crippen molar-refractivity contribution in [3.8, 4) is 16.9 Å². The molecule has 2 heterocycles. The summed E-state index contributed by atoms with van der Waals surface area (Å²) in [6.07, 6.45) is 3.72. The van der Waals surface area contributed by atoms with Gasteiger partial charge in [0.1, 0.15) is 5.75 Å². The molecule has 0 N–H and O–H groups in total. The molecule has 0 amide bonds. The maximum absolute atomic E-state index is 12.7. The number of aryl methyl sites for hydroxylation is 1. The van der Waals surface area contributed by atoms with Gasteiger partial charge in [0, 0.05) is 21.4 Å². The zero-order chi connectivity index (χ0) is 17.5. The van der Waals surface area contributed by atoms with E-state index in [2.05, 4.69) is 11.2 Å². The summed E-state index contributed by atoms with van der Waals surface area (Å²) in [6.45, 7) is 7.97. The zero-order valence-electron chi connectivity index (χ0n) is 14.7. The molecule has 0 aliphatic rings. The van der Waals surface area contributed by atoms with Crippen molar-refractivity contribution >= 4 is 16.3 Å². The van der Waals surface area contributed by atoms with Gasteiger partial charge in [0.2, 0.25) is 0 Å². The molecule has 0 fully saturated rings. The van der Waals surface area contributed by atoms with Crippen molar-refractivity contribution in [2.24, 2.45) is 0 Å². The summed E-state index contributed by atoms with van der Waals surface area (Å²) < 4.78 is 19.5. The predicted octanol–water partition coefficient (Wildman–Crippen LogP) is 4.22. The molecule has 3 aromatic rings. The second-order valence-electron chi connectivity index (χ2n) is 6.82. The van der Waals surface area contributed by atoms with Gasteiger partial charge in [0.05, 0.1) is 29.6 Å². The first-order valence-electron chi connectivity index (χ1n) is 7.85. The fourth-order valence-corrected chi connectivity index (χ4v) is 3.81. The van der Waals surface area contributed by atoms with E-state index in [-0.39, 0.29) is 4.75 Å². The van der Waals surface area contributed by atoms with Gasteiger partial charge in [-0.15, -0.1) is 0 Å². The van der Waals surface area contributed by atoms with Crippen LogP contribution in [0.25, 0.3) is 16.6 Å². The van der Waals surface area contributed by atoms with Gasteiger partial charge in [-0.1, -0.05) is 6.07 Å². The second kappa shape index (κ2) is 6.06. The Labute approximate surface area is 144 Å². The first-order chi connectivity index (χ1) is 11.3. The van der Waals surface area contributed by atoms with Crippen molar-refractivity contribution in [3.05, 3.63) is 48.3 Å². The summed E-state index contributed by atoms with van der Waals surface area (Å²) >= 11 is 0. The lowest BCUT2D eigenvalue weighted by molar-refractivity contribution is 0.412. The normalized spacial score (nSPS) is 13.2. The van der Waals surface area contributed by atoms with E-state index in [0.29, 0.717) is 0 Å². The van der Waals surface area contributed by atoms with Gasteiger partial charge in [-0.3, -0.25) is 4.21 Å². The van der Waals surface area contributed by atoms with Crippen LogP contribution in [0.4, 0.5) is 0 Å². The van der Waals surface area contributed by atoms with Gasteiger partial charge in [0.25, 0.3) is 0 Å². The van der Waals surface area contributed by atoms with Gasteiger partial charge in [-0.05, 0) is 63.1 Å². The lowest BCUT2D eigenvalue weighted by atomic mass is 10.0. The standard InChI is InChI=1S/C19H22N2O2S/c1-13-10-14(6-7-18(13)23-5)16-12-20-21-9-8-15(11-17(16)21)24(22)19(2,3)4/h6-12H,1-5H3. The Morgan fingerprint density at radius 3 is 2.54 bits per heavy atom. The van der Waals surface area contributed by atoms with E-state index in [1.54, 1.807) is 7.11 Å². The summed E-state index contributed by atoms with van der Waals surface area (Å²) in [6, 6.07) is 9.93. The van der Waals surface area contributed by atoms with Crippen LogP contribution in [0, 0.1) is 6.92 Å². The van der Waals surface area contributed by atoms with Crippen LogP contribution < -0.4 is 4.74 Å². The number of rotatable bonds is 3. The van der Waals surface area contributed by atoms with Crippen molar-refractivity contribution in [1.82, 2.24) is 9.61 Å². The average molecular weight is 342 g/mol. The lowest BCUT2D eigenvalue weighted by Gasteiger charge is -2.17. The molecule has 0 spiro atoms. The van der Waals surface area contributed by atoms with Crippen LogP contribution in [0.15, 0.2) is 47.6 Å². The van der Waals surface area contributed by atoms with E-state index in [0.717, 1.165) is 32.9 Å². The Kier molecular flexibility index (Phi) is 4.22. The van der Waals surface area contributed by atoms with E-state index in [1.807, 2.05) is 68.9 Å². The van der Waals surface area contributed by atoms with Crippen molar-refractivity contribution < 1.29 is 8.95 Å². The third-order valence-electron chi connectivity index (χ3n) is 3.97. The molecule has 126 valence electrons. The van der Waals surface area contributed by atoms with Crippen LogP contribution in [-0.4, -0.2) is 25.7 Å². The van der Waals surface area contributed by atoms with Gasteiger partial charge >= 0.3 is 0 Å². The molecule has 24 heavy (non-hydrogen) atoms. The summed E-state index contributed by atoms with van der Waals surface area (Å²) in [5.74, 6) is 0.866. The van der Waals surface area contributed by atoms with E-state index in [1.165, 1.54) is 0 Å². The molecule has 0 saturated carbocycles. The minimum Gasteiger partial charge on any atom is -0.496 e. The van der Waals surface area contributed by atoms with Gasteiger partial charge < -0.3 is 4.74 Å². The molecule has 0 aliphatic carbocycles. The van der Waals surface area contributed by atoms with Crippen molar-refractivity contribution in [3.63, 3.8) is 0 Å². The molecule has 0 bridgehead atoms. The summed E-state index contributed by atoms with van der Waals surface area (Å²) in [5.41, 5.74) is 4.12. The Hall–Kier alpha value is -2.14. The van der Waals surface area contributed by atoms with E-state index < -0.39 is 10.8 Å². The Morgan fingerprint density at radius 1 is 1.17 bits per heavy atom. The minimum absolute atomic E-state index is 0.296. The average Bonchev–Trinajstić information content (AvgIpc) is 2.96. The maximum atomic E-state index is 12.7. The molecule has 3 rings (SSSR count). The molecule has 1 atom stereocenters. The zero-order valence-corrected chi connectivity index (χ0v) is 15.5. The minimum atomic E-state index is -1.08. The number of hydrogen-bond acceptors (Lipinski definition) is 3. The largest absolute Gasteiger partial charge is 0.496 e. The number of methoxy groups -OCH3 is 1. The van der Waals surface area contributed by atoms with Crippen LogP contribution in [-0.2, 0) is 10.8 Å². The molecule has 1 unspecified atom stereocenters. The van der Waals surface area contributed by atoms with Crippen molar-refractivity contribution in [2.45, 2.75) is 37.3 Å². The van der Waals surface area contributed by atoms with Crippen LogP contribution >= 0.6 is 0 Å². The van der Waals surface area contributed by atoms with Gasteiger partial charge in [-0.25, -0.2) is 4.52 Å². The first kappa shape index (κ1) is 16.7. The summed E-state index contributed by atoms with van der Waals surface area (Å²) in [4.78, 5) is 0.821. The molecular formula is C19H22N2O2S. The SMILES string of the molecule is COc1ccc(-c2cnn3ccc(S(=O)C(C)(C)C)cc23)cc1C. The number of ether oxygens (including phenoxy) is 1. The summed E-state index contributed by atoms with van der Waals surface area (Å²) in [7, 11) is 0.596. The highest BCUT2D eigenvalue weighted by molar-refractivity contribution is 7.86. The highest BCUT2D eigenvalue weighted by Gasteiger charge is 2.22. The number of hydrogen-bond donors (Lipinski definition) is 0. The van der Waals surface area contributed by atoms with Crippen LogP contribution in [0.2, 0.25) is 0 Å². The second-order valence-corrected chi connectivity index (χ2v) is 9.05. The van der Waals surface area contributed by atoms with Gasteiger partial charge in [-0.2, -0.15) is 5.10 Å². The number of aromatic nitrogens is 2. The molecule has 2 aromatic heterocycles.